The van der Waals surface area contributed by atoms with Crippen molar-refractivity contribution in [3.8, 4) is 5.69 Å². The molecule has 0 unspecified atom stereocenters. The molecule has 0 aliphatic heterocycles. The zero-order valence-electron chi connectivity index (χ0n) is 8.09. The molecular weight excluding hydrogens is 220 g/mol. The summed E-state index contributed by atoms with van der Waals surface area (Å²) in [5, 5.41) is 0. The maximum atomic E-state index is 13.7. The van der Waals surface area contributed by atoms with Crippen LogP contribution in [0.25, 0.3) is 5.69 Å². The van der Waals surface area contributed by atoms with E-state index in [0.717, 1.165) is 6.07 Å². The minimum absolute atomic E-state index is 0.0605. The van der Waals surface area contributed by atoms with Gasteiger partial charge in [0.25, 0.3) is 0 Å². The van der Waals surface area contributed by atoms with Crippen LogP contribution < -0.4 is 3.87 Å². The monoisotopic (exact) mass is 227 g/mol. The predicted molar refractivity (Wildman–Crippen MR) is 45.3 cm³/mol. The molecule has 0 N–H and O–H groups in total. The van der Waals surface area contributed by atoms with Gasteiger partial charge < -0.3 is 0 Å². The molecule has 0 atom stereocenters. The quantitative estimate of drug-likeness (QED) is 0.656. The molecule has 0 aliphatic carbocycles. The first-order valence-electron chi connectivity index (χ1n) is 4.45. The Morgan fingerprint density at radius 1 is 1.29 bits per heavy atom. The Morgan fingerprint density at radius 3 is 2.57 bits per heavy atom. The van der Waals surface area contributed by atoms with Crippen LogP contribution in [0, 0.1) is 11.6 Å². The van der Waals surface area contributed by atoms with Gasteiger partial charge in [-0.25, -0.2) is 0 Å². The van der Waals surface area contributed by atoms with E-state index in [0.29, 0.717) is 0 Å². The van der Waals surface area contributed by atoms with Gasteiger partial charge >= 0.3 is 93.0 Å². The van der Waals surface area contributed by atoms with Gasteiger partial charge in [0.05, 0.1) is 0 Å². The van der Waals surface area contributed by atoms with Crippen LogP contribution in [-0.4, -0.2) is 4.57 Å². The van der Waals surface area contributed by atoms with Crippen molar-refractivity contribution in [3.05, 3.63) is 48.3 Å². The number of halogens is 2. The normalized spacial score (nSPS) is 11.4. The molecule has 1 nitrogen and oxygen atoms in total. The van der Waals surface area contributed by atoms with Crippen LogP contribution in [0.15, 0.2) is 36.6 Å². The van der Waals surface area contributed by atoms with Crippen LogP contribution in [0.3, 0.4) is 0 Å². The van der Waals surface area contributed by atoms with Gasteiger partial charge in [0.2, 0.25) is 0 Å². The molecule has 0 spiro atoms. The summed E-state index contributed by atoms with van der Waals surface area (Å²) < 4.78 is 35.7. The second-order valence-corrected chi connectivity index (χ2v) is 3.55. The Balaban J connectivity index is 2.72. The molecule has 0 bridgehead atoms. The minimum atomic E-state index is -0.687. The molecule has 14 heavy (non-hydrogen) atoms. The first-order chi connectivity index (χ1) is 7.11. The number of hydrogen-bond donors (Lipinski definition) is 0. The van der Waals surface area contributed by atoms with Crippen molar-refractivity contribution in [2.45, 2.75) is 0 Å². The van der Waals surface area contributed by atoms with Crippen molar-refractivity contribution in [1.29, 1.82) is 0 Å². The third kappa shape index (κ3) is 1.53. The Kier molecular flexibility index (Phi) is 2.20. The number of hydrogen-bond acceptors (Lipinski definition) is 0. The molecule has 0 saturated carbocycles. The first kappa shape index (κ1) is 8.39. The molecule has 0 amide bonds. The predicted octanol–water partition coefficient (Wildman–Crippen LogP) is 1.93. The van der Waals surface area contributed by atoms with Gasteiger partial charge in [-0.2, -0.15) is 0 Å². The van der Waals surface area contributed by atoms with Gasteiger partial charge in [-0.3, -0.25) is 0 Å². The molecule has 2 rings (SSSR count). The maximum absolute atomic E-state index is 13.7. The fourth-order valence-corrected chi connectivity index (χ4v) is 1.46. The summed E-state index contributed by atoms with van der Waals surface area (Å²) >= 11 is 1.36. The van der Waals surface area contributed by atoms with Gasteiger partial charge in [-0.1, -0.05) is 0 Å². The Bertz CT molecular complexity index is 497. The molecule has 2 aromatic rings. The SMILES string of the molecule is [2H]c1cc(F)[c]([Ti])c(F)c1-n1cccc1. The Morgan fingerprint density at radius 2 is 1.93 bits per heavy atom. The van der Waals surface area contributed by atoms with E-state index < -0.39 is 11.6 Å². The van der Waals surface area contributed by atoms with Crippen LogP contribution in [0.5, 0.6) is 0 Å². The van der Waals surface area contributed by atoms with E-state index in [9.17, 15) is 8.78 Å². The topological polar surface area (TPSA) is 4.93 Å². The van der Waals surface area contributed by atoms with Gasteiger partial charge in [-0.05, 0) is 0 Å². The van der Waals surface area contributed by atoms with Crippen molar-refractivity contribution in [2.75, 3.05) is 0 Å². The van der Waals surface area contributed by atoms with E-state index in [-0.39, 0.29) is 15.6 Å². The average Bonchev–Trinajstić information content (AvgIpc) is 2.68. The second-order valence-electron chi connectivity index (χ2n) is 2.76. The summed E-state index contributed by atoms with van der Waals surface area (Å²) in [5.74, 6) is -1.37. The third-order valence-corrected chi connectivity index (χ3v) is 2.58. The van der Waals surface area contributed by atoms with Crippen molar-refractivity contribution in [1.82, 2.24) is 4.57 Å². The molecule has 1 heterocycles. The molecule has 1 aromatic heterocycles. The molecule has 0 saturated heterocycles. The van der Waals surface area contributed by atoms with E-state index in [4.69, 9.17) is 1.37 Å². The molecular formula is C10H6F2NTi. The van der Waals surface area contributed by atoms with E-state index in [1.807, 2.05) is 0 Å². The van der Waals surface area contributed by atoms with Crippen LogP contribution in [0.2, 0.25) is 0 Å². The summed E-state index contributed by atoms with van der Waals surface area (Å²) in [5.41, 5.74) is 0.0823. The number of nitrogens with zero attached hydrogens (tertiary/aromatic N) is 1. The van der Waals surface area contributed by atoms with Crippen molar-refractivity contribution in [2.24, 2.45) is 0 Å². The molecule has 69 valence electrons. The van der Waals surface area contributed by atoms with E-state index in [1.165, 1.54) is 25.0 Å². The van der Waals surface area contributed by atoms with Gasteiger partial charge in [0.1, 0.15) is 0 Å². The molecule has 0 aliphatic rings. The standard InChI is InChI=1S/C10H6F2N.Ti/c11-8-3-4-10(9(12)7-8)13-5-1-2-6-13;/h1-6H;/i4D;. The van der Waals surface area contributed by atoms with Crippen molar-refractivity contribution < 1.29 is 30.6 Å². The molecule has 0 radical (unpaired) electrons. The second kappa shape index (κ2) is 3.67. The van der Waals surface area contributed by atoms with Crippen LogP contribution in [-0.2, 0) is 20.4 Å². The average molecular weight is 227 g/mol. The fourth-order valence-electron chi connectivity index (χ4n) is 1.16. The van der Waals surface area contributed by atoms with Crippen molar-refractivity contribution >= 4 is 3.87 Å². The number of benzene rings is 1. The summed E-state index contributed by atoms with van der Waals surface area (Å²) in [6.45, 7) is 0. The molecule has 1 aromatic carbocycles. The van der Waals surface area contributed by atoms with Gasteiger partial charge in [0, 0.05) is 0 Å². The molecule has 0 fully saturated rings. The van der Waals surface area contributed by atoms with Gasteiger partial charge in [-0.15, -0.1) is 0 Å². The van der Waals surface area contributed by atoms with E-state index in [2.05, 4.69) is 0 Å². The van der Waals surface area contributed by atoms with Crippen LogP contribution in [0.4, 0.5) is 8.78 Å². The first-order valence-corrected chi connectivity index (χ1v) is 4.73. The van der Waals surface area contributed by atoms with E-state index in [1.54, 1.807) is 24.5 Å². The van der Waals surface area contributed by atoms with E-state index >= 15 is 0 Å². The van der Waals surface area contributed by atoms with Crippen molar-refractivity contribution in [3.63, 3.8) is 0 Å². The summed E-state index contributed by atoms with van der Waals surface area (Å²) in [4.78, 5) is 0. The Labute approximate surface area is 93.2 Å². The fraction of sp³-hybridized carbons (Fsp3) is 0. The number of aromatic nitrogens is 1. The van der Waals surface area contributed by atoms with Crippen LogP contribution in [0.1, 0.15) is 1.37 Å². The number of rotatable bonds is 1. The zero-order chi connectivity index (χ0) is 11.0. The molecule has 4 heteroatoms. The zero-order valence-corrected chi connectivity index (χ0v) is 8.65. The summed E-state index contributed by atoms with van der Waals surface area (Å²) in [6, 6.07) is 4.30. The Hall–Kier alpha value is -0.926. The summed E-state index contributed by atoms with van der Waals surface area (Å²) in [6.07, 6.45) is 3.24. The third-order valence-electron chi connectivity index (χ3n) is 1.86. The van der Waals surface area contributed by atoms with Crippen LogP contribution >= 0.6 is 0 Å². The van der Waals surface area contributed by atoms with Gasteiger partial charge in [0.15, 0.2) is 0 Å². The summed E-state index contributed by atoms with van der Waals surface area (Å²) in [7, 11) is 0.